The molecule has 1 N–H and O–H groups in total. The molecule has 0 radical (unpaired) electrons. The predicted molar refractivity (Wildman–Crippen MR) is 106 cm³/mol. The van der Waals surface area contributed by atoms with E-state index in [0.29, 0.717) is 36.0 Å². The normalized spacial score (nSPS) is 11.4. The van der Waals surface area contributed by atoms with Crippen molar-refractivity contribution in [1.82, 2.24) is 9.78 Å². The van der Waals surface area contributed by atoms with Crippen molar-refractivity contribution in [3.8, 4) is 5.75 Å². The maximum Gasteiger partial charge on any atom is 0.262 e. The second kappa shape index (κ2) is 8.02. The molecule has 0 aliphatic rings. The van der Waals surface area contributed by atoms with Crippen LogP contribution in [0.5, 0.6) is 5.75 Å². The van der Waals surface area contributed by atoms with Gasteiger partial charge >= 0.3 is 0 Å². The van der Waals surface area contributed by atoms with E-state index in [9.17, 15) is 12.8 Å². The van der Waals surface area contributed by atoms with E-state index < -0.39 is 10.0 Å². The third kappa shape index (κ3) is 4.33. The Kier molecular flexibility index (Phi) is 5.69. The number of anilines is 1. The average molecular weight is 403 g/mol. The van der Waals surface area contributed by atoms with Crippen molar-refractivity contribution in [2.75, 3.05) is 11.3 Å². The molecule has 6 nitrogen and oxygen atoms in total. The highest BCUT2D eigenvalue weighted by atomic mass is 32.2. The van der Waals surface area contributed by atoms with E-state index in [4.69, 9.17) is 4.74 Å². The van der Waals surface area contributed by atoms with Gasteiger partial charge in [0.1, 0.15) is 11.6 Å². The van der Waals surface area contributed by atoms with Crippen LogP contribution >= 0.6 is 0 Å². The van der Waals surface area contributed by atoms with Gasteiger partial charge in [-0.1, -0.05) is 12.1 Å². The molecule has 0 atom stereocenters. The Bertz CT molecular complexity index is 1060. The summed E-state index contributed by atoms with van der Waals surface area (Å²) in [6, 6.07) is 12.4. The van der Waals surface area contributed by atoms with Gasteiger partial charge in [0, 0.05) is 0 Å². The Morgan fingerprint density at radius 3 is 2.32 bits per heavy atom. The molecule has 1 heterocycles. The fraction of sp³-hybridized carbons (Fsp3) is 0.250. The summed E-state index contributed by atoms with van der Waals surface area (Å²) in [6.07, 6.45) is 0. The van der Waals surface area contributed by atoms with Gasteiger partial charge in [-0.05, 0) is 62.7 Å². The third-order valence-corrected chi connectivity index (χ3v) is 5.67. The summed E-state index contributed by atoms with van der Waals surface area (Å²) in [5.74, 6) is 0.307. The van der Waals surface area contributed by atoms with Gasteiger partial charge in [0.2, 0.25) is 0 Å². The molecule has 3 rings (SSSR count). The van der Waals surface area contributed by atoms with E-state index in [1.54, 1.807) is 42.8 Å². The molecule has 0 aliphatic carbocycles. The minimum Gasteiger partial charge on any atom is -0.494 e. The number of hydrogen-bond donors (Lipinski definition) is 1. The van der Waals surface area contributed by atoms with Gasteiger partial charge in [-0.25, -0.2) is 12.8 Å². The van der Waals surface area contributed by atoms with Crippen LogP contribution in [0.1, 0.15) is 23.9 Å². The van der Waals surface area contributed by atoms with E-state index in [1.165, 1.54) is 24.3 Å². The molecule has 0 bridgehead atoms. The SMILES string of the molecule is CCOc1ccc(S(=O)(=O)Nc2c(C)nn(Cc3ccc(F)cc3)c2C)cc1. The Labute approximate surface area is 164 Å². The maximum absolute atomic E-state index is 13.1. The lowest BCUT2D eigenvalue weighted by Crippen LogP contribution is -2.14. The molecule has 0 saturated carbocycles. The number of ether oxygens (including phenoxy) is 1. The lowest BCUT2D eigenvalue weighted by Gasteiger charge is -2.10. The Hall–Kier alpha value is -2.87. The second-order valence-corrected chi connectivity index (χ2v) is 8.02. The van der Waals surface area contributed by atoms with E-state index in [0.717, 1.165) is 5.56 Å². The Balaban J connectivity index is 1.83. The predicted octanol–water partition coefficient (Wildman–Crippen LogP) is 3.89. The lowest BCUT2D eigenvalue weighted by molar-refractivity contribution is 0.340. The lowest BCUT2D eigenvalue weighted by atomic mass is 10.2. The standard InChI is InChI=1S/C20H22FN3O3S/c1-4-27-18-9-11-19(12-10-18)28(25,26)23-20-14(2)22-24(15(20)3)13-16-5-7-17(21)8-6-16/h5-12,23H,4,13H2,1-3H3. The van der Waals surface area contributed by atoms with E-state index in [-0.39, 0.29) is 10.7 Å². The van der Waals surface area contributed by atoms with Gasteiger partial charge in [0.25, 0.3) is 10.0 Å². The van der Waals surface area contributed by atoms with Crippen molar-refractivity contribution >= 4 is 15.7 Å². The molecule has 148 valence electrons. The highest BCUT2D eigenvalue weighted by molar-refractivity contribution is 7.92. The summed E-state index contributed by atoms with van der Waals surface area (Å²) in [5, 5.41) is 4.42. The molecule has 0 saturated heterocycles. The summed E-state index contributed by atoms with van der Waals surface area (Å²) in [7, 11) is -3.76. The minimum atomic E-state index is -3.76. The van der Waals surface area contributed by atoms with Crippen LogP contribution in [0.2, 0.25) is 0 Å². The van der Waals surface area contributed by atoms with Crippen molar-refractivity contribution in [2.45, 2.75) is 32.2 Å². The number of nitrogens with one attached hydrogen (secondary N) is 1. The second-order valence-electron chi connectivity index (χ2n) is 6.34. The fourth-order valence-electron chi connectivity index (χ4n) is 2.84. The van der Waals surface area contributed by atoms with Gasteiger partial charge in [-0.15, -0.1) is 0 Å². The number of halogens is 1. The quantitative estimate of drug-likeness (QED) is 0.650. The van der Waals surface area contributed by atoms with Gasteiger partial charge in [0.05, 0.1) is 35.1 Å². The molecular formula is C20H22FN3O3S. The first kappa shape index (κ1) is 19.9. The van der Waals surface area contributed by atoms with Crippen molar-refractivity contribution in [1.29, 1.82) is 0 Å². The van der Waals surface area contributed by atoms with Crippen LogP contribution in [0.25, 0.3) is 0 Å². The number of rotatable bonds is 7. The molecule has 8 heteroatoms. The summed E-state index contributed by atoms with van der Waals surface area (Å²) in [5.41, 5.74) is 2.55. The molecule has 0 unspecified atom stereocenters. The molecule has 0 amide bonds. The molecule has 0 aliphatic heterocycles. The van der Waals surface area contributed by atoms with Crippen LogP contribution in [-0.4, -0.2) is 24.8 Å². The van der Waals surface area contributed by atoms with Crippen molar-refractivity contribution < 1.29 is 17.5 Å². The monoisotopic (exact) mass is 403 g/mol. The first-order chi connectivity index (χ1) is 13.3. The number of nitrogens with zero attached hydrogens (tertiary/aromatic N) is 2. The molecule has 1 aromatic heterocycles. The molecule has 28 heavy (non-hydrogen) atoms. The van der Waals surface area contributed by atoms with Crippen LogP contribution in [0.15, 0.2) is 53.4 Å². The van der Waals surface area contributed by atoms with E-state index in [2.05, 4.69) is 9.82 Å². The minimum absolute atomic E-state index is 0.140. The first-order valence-corrected chi connectivity index (χ1v) is 10.3. The summed E-state index contributed by atoms with van der Waals surface area (Å²) in [6.45, 7) is 6.32. The van der Waals surface area contributed by atoms with Crippen LogP contribution in [-0.2, 0) is 16.6 Å². The Morgan fingerprint density at radius 2 is 1.71 bits per heavy atom. The van der Waals surface area contributed by atoms with Gasteiger partial charge < -0.3 is 4.74 Å². The molecule has 3 aromatic rings. The number of aryl methyl sites for hydroxylation is 1. The first-order valence-electron chi connectivity index (χ1n) is 8.84. The largest absolute Gasteiger partial charge is 0.494 e. The van der Waals surface area contributed by atoms with Crippen LogP contribution in [0.4, 0.5) is 10.1 Å². The van der Waals surface area contributed by atoms with Crippen molar-refractivity contribution in [2.24, 2.45) is 0 Å². The van der Waals surface area contributed by atoms with E-state index >= 15 is 0 Å². The maximum atomic E-state index is 13.1. The number of sulfonamides is 1. The van der Waals surface area contributed by atoms with Gasteiger partial charge in [0.15, 0.2) is 0 Å². The number of hydrogen-bond acceptors (Lipinski definition) is 4. The zero-order chi connectivity index (χ0) is 20.3. The molecule has 0 fully saturated rings. The molecular weight excluding hydrogens is 381 g/mol. The highest BCUT2D eigenvalue weighted by Gasteiger charge is 2.20. The van der Waals surface area contributed by atoms with Crippen molar-refractivity contribution in [3.63, 3.8) is 0 Å². The van der Waals surface area contributed by atoms with Crippen LogP contribution < -0.4 is 9.46 Å². The summed E-state index contributed by atoms with van der Waals surface area (Å²) in [4.78, 5) is 0.140. The number of benzene rings is 2. The van der Waals surface area contributed by atoms with Crippen LogP contribution in [0, 0.1) is 19.7 Å². The Morgan fingerprint density at radius 1 is 1.07 bits per heavy atom. The third-order valence-electron chi connectivity index (χ3n) is 4.31. The van der Waals surface area contributed by atoms with Crippen molar-refractivity contribution in [3.05, 3.63) is 71.3 Å². The number of aromatic nitrogens is 2. The zero-order valence-corrected chi connectivity index (χ0v) is 16.8. The van der Waals surface area contributed by atoms with Crippen LogP contribution in [0.3, 0.4) is 0 Å². The summed E-state index contributed by atoms with van der Waals surface area (Å²) < 4.78 is 48.2. The fourth-order valence-corrected chi connectivity index (χ4v) is 4.01. The average Bonchev–Trinajstić information content (AvgIpc) is 2.91. The smallest absolute Gasteiger partial charge is 0.262 e. The summed E-state index contributed by atoms with van der Waals surface area (Å²) >= 11 is 0. The zero-order valence-electron chi connectivity index (χ0n) is 15.9. The topological polar surface area (TPSA) is 73.2 Å². The van der Waals surface area contributed by atoms with E-state index in [1.807, 2.05) is 6.92 Å². The molecule has 0 spiro atoms. The van der Waals surface area contributed by atoms with Gasteiger partial charge in [-0.3, -0.25) is 9.40 Å². The van der Waals surface area contributed by atoms with Gasteiger partial charge in [-0.2, -0.15) is 5.10 Å². The highest BCUT2D eigenvalue weighted by Crippen LogP contribution is 2.25. The molecule has 2 aromatic carbocycles.